The fourth-order valence-corrected chi connectivity index (χ4v) is 2.01. The van der Waals surface area contributed by atoms with Crippen LogP contribution in [0.1, 0.15) is 6.42 Å². The smallest absolute Gasteiger partial charge is 0.225 e. The van der Waals surface area contributed by atoms with Crippen molar-refractivity contribution in [1.29, 1.82) is 0 Å². The lowest BCUT2D eigenvalue weighted by molar-refractivity contribution is 0.0710. The first-order chi connectivity index (χ1) is 7.70. The molecular formula is C9H11Cl2N3O2. The van der Waals surface area contributed by atoms with Crippen LogP contribution in [0.3, 0.4) is 0 Å². The summed E-state index contributed by atoms with van der Waals surface area (Å²) in [7, 11) is 0. The number of aliphatic hydroxyl groups is 1. The van der Waals surface area contributed by atoms with Gasteiger partial charge < -0.3 is 14.7 Å². The number of ether oxygens (including phenoxy) is 1. The van der Waals surface area contributed by atoms with E-state index in [9.17, 15) is 5.11 Å². The average Bonchev–Trinajstić information content (AvgIpc) is 2.27. The molecule has 0 aliphatic carbocycles. The summed E-state index contributed by atoms with van der Waals surface area (Å²) in [5, 5.41) is 9.62. The summed E-state index contributed by atoms with van der Waals surface area (Å²) in [6.45, 7) is 1.05. The molecule has 0 unspecified atom stereocenters. The second kappa shape index (κ2) is 5.14. The topological polar surface area (TPSA) is 58.5 Å². The number of aromatic nitrogens is 2. The molecule has 1 saturated heterocycles. The van der Waals surface area contributed by atoms with Gasteiger partial charge >= 0.3 is 0 Å². The van der Waals surface area contributed by atoms with Crippen molar-refractivity contribution in [2.45, 2.75) is 12.5 Å². The largest absolute Gasteiger partial charge is 0.394 e. The summed E-state index contributed by atoms with van der Waals surface area (Å²) < 4.78 is 5.32. The number of anilines is 1. The van der Waals surface area contributed by atoms with Gasteiger partial charge in [-0.3, -0.25) is 0 Å². The molecule has 0 radical (unpaired) electrons. The van der Waals surface area contributed by atoms with Crippen LogP contribution in [0.4, 0.5) is 5.82 Å². The van der Waals surface area contributed by atoms with Gasteiger partial charge in [0.1, 0.15) is 17.7 Å². The van der Waals surface area contributed by atoms with Gasteiger partial charge in [0.15, 0.2) is 0 Å². The first-order valence-corrected chi connectivity index (χ1v) is 5.61. The Morgan fingerprint density at radius 3 is 3.00 bits per heavy atom. The Hall–Kier alpha value is -0.620. The molecule has 1 aromatic heterocycles. The van der Waals surface area contributed by atoms with E-state index in [1.54, 1.807) is 6.07 Å². The van der Waals surface area contributed by atoms with Crippen LogP contribution in [0, 0.1) is 0 Å². The molecule has 0 bridgehead atoms. The second-order valence-corrected chi connectivity index (χ2v) is 4.18. The van der Waals surface area contributed by atoms with Crippen molar-refractivity contribution < 1.29 is 9.84 Å². The van der Waals surface area contributed by atoms with Crippen LogP contribution in [0.15, 0.2) is 6.07 Å². The van der Waals surface area contributed by atoms with Crippen LogP contribution in [0.2, 0.25) is 10.4 Å². The molecule has 1 aromatic rings. The molecular weight excluding hydrogens is 253 g/mol. The van der Waals surface area contributed by atoms with Crippen LogP contribution in [-0.4, -0.2) is 41.1 Å². The van der Waals surface area contributed by atoms with Gasteiger partial charge in [-0.05, 0) is 18.0 Å². The van der Waals surface area contributed by atoms with Crippen molar-refractivity contribution in [2.24, 2.45) is 0 Å². The molecule has 1 aliphatic rings. The van der Waals surface area contributed by atoms with E-state index >= 15 is 0 Å². The summed E-state index contributed by atoms with van der Waals surface area (Å²) in [6, 6.07) is 1.58. The van der Waals surface area contributed by atoms with Crippen molar-refractivity contribution in [3.05, 3.63) is 16.5 Å². The summed E-state index contributed by atoms with van der Waals surface area (Å²) in [5.41, 5.74) is 0. The highest BCUT2D eigenvalue weighted by atomic mass is 35.5. The van der Waals surface area contributed by atoms with Crippen LogP contribution >= 0.6 is 23.2 Å². The Balaban J connectivity index is 2.26. The Morgan fingerprint density at radius 2 is 2.31 bits per heavy atom. The van der Waals surface area contributed by atoms with Crippen molar-refractivity contribution >= 4 is 29.0 Å². The fourth-order valence-electron chi connectivity index (χ4n) is 1.61. The summed E-state index contributed by atoms with van der Waals surface area (Å²) in [5.74, 6) is 0.573. The Labute approximate surface area is 103 Å². The van der Waals surface area contributed by atoms with Gasteiger partial charge in [-0.2, -0.15) is 0 Å². The molecule has 1 fully saturated rings. The lowest BCUT2D eigenvalue weighted by Crippen LogP contribution is -2.44. The first kappa shape index (κ1) is 11.9. The Bertz CT molecular complexity index is 358. The highest BCUT2D eigenvalue weighted by Crippen LogP contribution is 2.23. The van der Waals surface area contributed by atoms with Crippen LogP contribution in [-0.2, 0) is 4.74 Å². The van der Waals surface area contributed by atoms with Gasteiger partial charge in [-0.1, -0.05) is 11.6 Å². The van der Waals surface area contributed by atoms with E-state index in [0.717, 1.165) is 6.42 Å². The van der Waals surface area contributed by atoms with E-state index in [2.05, 4.69) is 9.97 Å². The van der Waals surface area contributed by atoms with Crippen molar-refractivity contribution in [2.75, 3.05) is 24.8 Å². The SMILES string of the molecule is OC[C@@H]1CCOCN1c1cc(Cl)nc(Cl)n1. The zero-order valence-electron chi connectivity index (χ0n) is 8.44. The van der Waals surface area contributed by atoms with E-state index in [1.165, 1.54) is 0 Å². The molecule has 1 aliphatic heterocycles. The molecule has 88 valence electrons. The third-order valence-electron chi connectivity index (χ3n) is 2.43. The number of nitrogens with zero attached hydrogens (tertiary/aromatic N) is 3. The Kier molecular flexibility index (Phi) is 3.81. The maximum Gasteiger partial charge on any atom is 0.225 e. The maximum atomic E-state index is 9.25. The molecule has 1 atom stereocenters. The lowest BCUT2D eigenvalue weighted by atomic mass is 10.2. The van der Waals surface area contributed by atoms with E-state index in [4.69, 9.17) is 27.9 Å². The van der Waals surface area contributed by atoms with Crippen molar-refractivity contribution in [3.63, 3.8) is 0 Å². The molecule has 0 spiro atoms. The van der Waals surface area contributed by atoms with Gasteiger partial charge in [-0.25, -0.2) is 9.97 Å². The second-order valence-electron chi connectivity index (χ2n) is 3.45. The molecule has 0 aromatic carbocycles. The normalized spacial score (nSPS) is 21.2. The van der Waals surface area contributed by atoms with Crippen LogP contribution in [0.5, 0.6) is 0 Å². The minimum atomic E-state index is -0.0178. The van der Waals surface area contributed by atoms with Crippen LogP contribution in [0.25, 0.3) is 0 Å². The number of hydrogen-bond acceptors (Lipinski definition) is 5. The van der Waals surface area contributed by atoms with Crippen LogP contribution < -0.4 is 4.90 Å². The molecule has 2 heterocycles. The van der Waals surface area contributed by atoms with Gasteiger partial charge in [0.25, 0.3) is 0 Å². The number of halogens is 2. The van der Waals surface area contributed by atoms with E-state index in [0.29, 0.717) is 19.2 Å². The number of hydrogen-bond donors (Lipinski definition) is 1. The number of aliphatic hydroxyl groups excluding tert-OH is 1. The van der Waals surface area contributed by atoms with Crippen molar-refractivity contribution in [1.82, 2.24) is 9.97 Å². The minimum absolute atomic E-state index is 0.0178. The fraction of sp³-hybridized carbons (Fsp3) is 0.556. The molecule has 0 saturated carbocycles. The summed E-state index contributed by atoms with van der Waals surface area (Å²) in [6.07, 6.45) is 0.746. The molecule has 16 heavy (non-hydrogen) atoms. The minimum Gasteiger partial charge on any atom is -0.394 e. The standard InChI is InChI=1S/C9H11Cl2N3O2/c10-7-3-8(13-9(11)12-7)14-5-16-2-1-6(14)4-15/h3,6,15H,1-2,4-5H2/t6-/m0/s1. The summed E-state index contributed by atoms with van der Waals surface area (Å²) >= 11 is 11.5. The van der Waals surface area contributed by atoms with E-state index in [-0.39, 0.29) is 23.1 Å². The Morgan fingerprint density at radius 1 is 1.50 bits per heavy atom. The predicted molar refractivity (Wildman–Crippen MR) is 60.8 cm³/mol. The highest BCUT2D eigenvalue weighted by molar-refractivity contribution is 6.32. The van der Waals surface area contributed by atoms with Gasteiger partial charge in [0.05, 0.1) is 19.3 Å². The predicted octanol–water partition coefficient (Wildman–Crippen LogP) is 1.33. The van der Waals surface area contributed by atoms with E-state index < -0.39 is 0 Å². The van der Waals surface area contributed by atoms with Gasteiger partial charge in [0.2, 0.25) is 5.28 Å². The first-order valence-electron chi connectivity index (χ1n) is 4.86. The molecule has 0 amide bonds. The monoisotopic (exact) mass is 263 g/mol. The maximum absolute atomic E-state index is 9.25. The average molecular weight is 264 g/mol. The third-order valence-corrected chi connectivity index (χ3v) is 2.79. The van der Waals surface area contributed by atoms with Gasteiger partial charge in [0, 0.05) is 6.07 Å². The summed E-state index contributed by atoms with van der Waals surface area (Å²) in [4.78, 5) is 9.65. The molecule has 5 nitrogen and oxygen atoms in total. The quantitative estimate of drug-likeness (QED) is 0.645. The number of rotatable bonds is 2. The van der Waals surface area contributed by atoms with Crippen molar-refractivity contribution in [3.8, 4) is 0 Å². The molecule has 7 heteroatoms. The highest BCUT2D eigenvalue weighted by Gasteiger charge is 2.24. The van der Waals surface area contributed by atoms with E-state index in [1.807, 2.05) is 4.90 Å². The molecule has 1 N–H and O–H groups in total. The zero-order valence-corrected chi connectivity index (χ0v) is 9.95. The lowest BCUT2D eigenvalue weighted by Gasteiger charge is -2.35. The third kappa shape index (κ3) is 2.55. The molecule has 2 rings (SSSR count). The zero-order chi connectivity index (χ0) is 11.5. The van der Waals surface area contributed by atoms with Gasteiger partial charge in [-0.15, -0.1) is 0 Å².